The highest BCUT2D eigenvalue weighted by molar-refractivity contribution is 4.85. The highest BCUT2D eigenvalue weighted by Gasteiger charge is 2.21. The zero-order chi connectivity index (χ0) is 9.68. The number of allylic oxidation sites excluding steroid dienone is 1. The monoisotopic (exact) mass is 182 g/mol. The van der Waals surface area contributed by atoms with Crippen molar-refractivity contribution in [1.29, 1.82) is 0 Å². The molecule has 1 aliphatic rings. The third-order valence-corrected chi connectivity index (χ3v) is 2.97. The Morgan fingerprint density at radius 2 is 2.31 bits per heavy atom. The Morgan fingerprint density at radius 1 is 1.54 bits per heavy atom. The lowest BCUT2D eigenvalue weighted by molar-refractivity contribution is 0.170. The number of rotatable bonds is 3. The maximum atomic E-state index is 3.56. The predicted octanol–water partition coefficient (Wildman–Crippen LogP) is 1.63. The molecule has 76 valence electrons. The van der Waals surface area contributed by atoms with E-state index in [1.807, 2.05) is 0 Å². The molecule has 2 heteroatoms. The zero-order valence-corrected chi connectivity index (χ0v) is 9.09. The first-order valence-electron chi connectivity index (χ1n) is 5.28. The Balaban J connectivity index is 2.21. The topological polar surface area (TPSA) is 15.3 Å². The molecule has 1 N–H and O–H groups in total. The standard InChI is InChI=1S/C11H22N2/c1-4-5-7-12-11-6-8-13(3)10(2)9-11/h4-5,10-12H,6-9H2,1-3H3/b5-4+. The van der Waals surface area contributed by atoms with Gasteiger partial charge in [0.1, 0.15) is 0 Å². The Kier molecular flexibility index (Phi) is 4.46. The number of nitrogens with zero attached hydrogens (tertiary/aromatic N) is 1. The molecule has 0 aromatic carbocycles. The summed E-state index contributed by atoms with van der Waals surface area (Å²) < 4.78 is 0. The van der Waals surface area contributed by atoms with Gasteiger partial charge in [0.25, 0.3) is 0 Å². The number of likely N-dealkylation sites (tertiary alicyclic amines) is 1. The van der Waals surface area contributed by atoms with Crippen LogP contribution in [0.3, 0.4) is 0 Å². The molecule has 13 heavy (non-hydrogen) atoms. The Bertz CT molecular complexity index is 165. The van der Waals surface area contributed by atoms with Gasteiger partial charge in [-0.25, -0.2) is 0 Å². The summed E-state index contributed by atoms with van der Waals surface area (Å²) in [5, 5.41) is 3.56. The van der Waals surface area contributed by atoms with E-state index in [4.69, 9.17) is 0 Å². The Morgan fingerprint density at radius 3 is 2.92 bits per heavy atom. The van der Waals surface area contributed by atoms with Crippen molar-refractivity contribution in [1.82, 2.24) is 10.2 Å². The van der Waals surface area contributed by atoms with Crippen molar-refractivity contribution >= 4 is 0 Å². The van der Waals surface area contributed by atoms with Crippen LogP contribution in [0.2, 0.25) is 0 Å². The summed E-state index contributed by atoms with van der Waals surface area (Å²) in [6.07, 6.45) is 6.86. The maximum Gasteiger partial charge on any atom is 0.0137 e. The Labute approximate surface area is 82.0 Å². The van der Waals surface area contributed by atoms with Gasteiger partial charge in [0, 0.05) is 18.6 Å². The predicted molar refractivity (Wildman–Crippen MR) is 57.9 cm³/mol. The molecule has 2 nitrogen and oxygen atoms in total. The molecule has 2 unspecified atom stereocenters. The highest BCUT2D eigenvalue weighted by atomic mass is 15.1. The summed E-state index contributed by atoms with van der Waals surface area (Å²) in [6, 6.07) is 1.46. The van der Waals surface area contributed by atoms with Gasteiger partial charge in [-0.15, -0.1) is 0 Å². The van der Waals surface area contributed by atoms with E-state index in [1.165, 1.54) is 19.4 Å². The zero-order valence-electron chi connectivity index (χ0n) is 9.09. The molecule has 1 aliphatic heterocycles. The summed E-state index contributed by atoms with van der Waals surface area (Å²) in [4.78, 5) is 2.44. The molecule has 1 fully saturated rings. The second-order valence-corrected chi connectivity index (χ2v) is 4.03. The third-order valence-electron chi connectivity index (χ3n) is 2.97. The lowest BCUT2D eigenvalue weighted by Crippen LogP contribution is -2.45. The van der Waals surface area contributed by atoms with Crippen molar-refractivity contribution in [2.24, 2.45) is 0 Å². The summed E-state index contributed by atoms with van der Waals surface area (Å²) in [5.41, 5.74) is 0. The molecule has 0 radical (unpaired) electrons. The molecule has 0 spiro atoms. The van der Waals surface area contributed by atoms with E-state index in [-0.39, 0.29) is 0 Å². The first kappa shape index (κ1) is 10.7. The van der Waals surface area contributed by atoms with Gasteiger partial charge < -0.3 is 10.2 Å². The summed E-state index contributed by atoms with van der Waals surface area (Å²) in [5.74, 6) is 0. The maximum absolute atomic E-state index is 3.56. The van der Waals surface area contributed by atoms with E-state index in [9.17, 15) is 0 Å². The van der Waals surface area contributed by atoms with Crippen molar-refractivity contribution in [2.45, 2.75) is 38.8 Å². The van der Waals surface area contributed by atoms with E-state index >= 15 is 0 Å². The quantitative estimate of drug-likeness (QED) is 0.667. The van der Waals surface area contributed by atoms with E-state index in [2.05, 4.69) is 43.3 Å². The highest BCUT2D eigenvalue weighted by Crippen LogP contribution is 2.14. The van der Waals surface area contributed by atoms with Crippen LogP contribution in [0.4, 0.5) is 0 Å². The minimum absolute atomic E-state index is 0.724. The van der Waals surface area contributed by atoms with Gasteiger partial charge in [-0.2, -0.15) is 0 Å². The van der Waals surface area contributed by atoms with E-state index in [0.717, 1.165) is 18.6 Å². The first-order chi connectivity index (χ1) is 6.24. The number of hydrogen-bond donors (Lipinski definition) is 1. The second-order valence-electron chi connectivity index (χ2n) is 4.03. The van der Waals surface area contributed by atoms with Crippen LogP contribution in [-0.4, -0.2) is 37.1 Å². The normalized spacial score (nSPS) is 31.3. The largest absolute Gasteiger partial charge is 0.310 e. The lowest BCUT2D eigenvalue weighted by atomic mass is 9.99. The van der Waals surface area contributed by atoms with Gasteiger partial charge in [0.05, 0.1) is 0 Å². The van der Waals surface area contributed by atoms with E-state index in [0.29, 0.717) is 0 Å². The Hall–Kier alpha value is -0.340. The van der Waals surface area contributed by atoms with Crippen LogP contribution >= 0.6 is 0 Å². The van der Waals surface area contributed by atoms with Crippen LogP contribution in [-0.2, 0) is 0 Å². The van der Waals surface area contributed by atoms with Crippen molar-refractivity contribution in [3.05, 3.63) is 12.2 Å². The van der Waals surface area contributed by atoms with Crippen molar-refractivity contribution in [3.63, 3.8) is 0 Å². The molecule has 0 aromatic rings. The molecule has 0 amide bonds. The molecular formula is C11H22N2. The molecule has 0 saturated carbocycles. The van der Waals surface area contributed by atoms with Crippen LogP contribution in [0.5, 0.6) is 0 Å². The third kappa shape index (κ3) is 3.49. The van der Waals surface area contributed by atoms with Crippen LogP contribution in [0.25, 0.3) is 0 Å². The van der Waals surface area contributed by atoms with Crippen LogP contribution in [0.15, 0.2) is 12.2 Å². The van der Waals surface area contributed by atoms with Gasteiger partial charge in [-0.1, -0.05) is 12.2 Å². The minimum Gasteiger partial charge on any atom is -0.310 e. The molecule has 1 saturated heterocycles. The van der Waals surface area contributed by atoms with Crippen LogP contribution in [0.1, 0.15) is 26.7 Å². The van der Waals surface area contributed by atoms with Crippen molar-refractivity contribution in [3.8, 4) is 0 Å². The van der Waals surface area contributed by atoms with E-state index < -0.39 is 0 Å². The second kappa shape index (κ2) is 5.40. The molecular weight excluding hydrogens is 160 g/mol. The average molecular weight is 182 g/mol. The summed E-state index contributed by atoms with van der Waals surface area (Å²) in [7, 11) is 2.22. The molecule has 0 aromatic heterocycles. The van der Waals surface area contributed by atoms with Gasteiger partial charge in [0.2, 0.25) is 0 Å². The minimum atomic E-state index is 0.724. The SMILES string of the molecule is C/C=C/CNC1CCN(C)C(C)C1. The van der Waals surface area contributed by atoms with Gasteiger partial charge in [-0.05, 0) is 40.3 Å². The first-order valence-corrected chi connectivity index (χ1v) is 5.28. The summed E-state index contributed by atoms with van der Waals surface area (Å²) in [6.45, 7) is 6.63. The van der Waals surface area contributed by atoms with E-state index in [1.54, 1.807) is 0 Å². The fourth-order valence-electron chi connectivity index (χ4n) is 1.83. The average Bonchev–Trinajstić information content (AvgIpc) is 2.12. The van der Waals surface area contributed by atoms with Crippen molar-refractivity contribution in [2.75, 3.05) is 20.1 Å². The molecule has 0 aliphatic carbocycles. The number of hydrogen-bond acceptors (Lipinski definition) is 2. The van der Waals surface area contributed by atoms with Crippen molar-refractivity contribution < 1.29 is 0 Å². The van der Waals surface area contributed by atoms with Gasteiger partial charge in [0.15, 0.2) is 0 Å². The number of nitrogens with one attached hydrogen (secondary N) is 1. The smallest absolute Gasteiger partial charge is 0.0137 e. The van der Waals surface area contributed by atoms with Gasteiger partial charge >= 0.3 is 0 Å². The van der Waals surface area contributed by atoms with Gasteiger partial charge in [-0.3, -0.25) is 0 Å². The lowest BCUT2D eigenvalue weighted by Gasteiger charge is -2.35. The fourth-order valence-corrected chi connectivity index (χ4v) is 1.83. The van der Waals surface area contributed by atoms with Crippen LogP contribution < -0.4 is 5.32 Å². The fraction of sp³-hybridized carbons (Fsp3) is 0.818. The molecule has 1 heterocycles. The molecule has 0 bridgehead atoms. The molecule has 1 rings (SSSR count). The number of piperidine rings is 1. The molecule has 2 atom stereocenters. The summed E-state index contributed by atoms with van der Waals surface area (Å²) >= 11 is 0. The van der Waals surface area contributed by atoms with Crippen LogP contribution in [0, 0.1) is 0 Å².